The van der Waals surface area contributed by atoms with Gasteiger partial charge in [-0.25, -0.2) is 4.79 Å². The molecule has 1 saturated carbocycles. The normalized spacial score (nSPS) is 29.1. The van der Waals surface area contributed by atoms with E-state index in [4.69, 9.17) is 4.74 Å². The smallest absolute Gasteiger partial charge is 0.410 e. The van der Waals surface area contributed by atoms with Crippen LogP contribution in [0.4, 0.5) is 4.79 Å². The van der Waals surface area contributed by atoms with Gasteiger partial charge in [-0.05, 0) is 18.4 Å². The van der Waals surface area contributed by atoms with Crippen molar-refractivity contribution in [3.8, 4) is 0 Å². The van der Waals surface area contributed by atoms with Crippen molar-refractivity contribution in [2.24, 2.45) is 11.8 Å². The Labute approximate surface area is 119 Å². The molecule has 108 valence electrons. The van der Waals surface area contributed by atoms with Gasteiger partial charge in [-0.3, -0.25) is 0 Å². The molecule has 4 heteroatoms. The second-order valence-corrected chi connectivity index (χ2v) is 5.89. The number of rotatable bonds is 2. The van der Waals surface area contributed by atoms with Crippen LogP contribution in [-0.2, 0) is 11.3 Å². The largest absolute Gasteiger partial charge is 0.445 e. The van der Waals surface area contributed by atoms with Gasteiger partial charge in [0, 0.05) is 24.9 Å². The molecule has 1 aromatic carbocycles. The molecule has 2 bridgehead atoms. The maximum atomic E-state index is 12.1. The maximum Gasteiger partial charge on any atom is 0.410 e. The van der Waals surface area contributed by atoms with E-state index >= 15 is 0 Å². The Morgan fingerprint density at radius 3 is 2.50 bits per heavy atom. The standard InChI is InChI=1S/C16H21NO3/c18-15-13-7-4-8-14(15)10-17(9-13)16(19)20-11-12-5-2-1-3-6-12/h1-3,5-6,13-15,18H,4,7-11H2. The number of fused-ring (bicyclic) bond motifs is 2. The Kier molecular flexibility index (Phi) is 3.92. The van der Waals surface area contributed by atoms with E-state index in [-0.39, 0.29) is 24.0 Å². The maximum absolute atomic E-state index is 12.1. The van der Waals surface area contributed by atoms with Crippen LogP contribution in [0.25, 0.3) is 0 Å². The monoisotopic (exact) mass is 275 g/mol. The van der Waals surface area contributed by atoms with Crippen molar-refractivity contribution >= 4 is 6.09 Å². The number of aliphatic hydroxyl groups is 1. The van der Waals surface area contributed by atoms with Crippen molar-refractivity contribution in [1.82, 2.24) is 4.90 Å². The first-order valence-corrected chi connectivity index (χ1v) is 7.38. The van der Waals surface area contributed by atoms with Gasteiger partial charge in [0.1, 0.15) is 6.61 Å². The highest BCUT2D eigenvalue weighted by molar-refractivity contribution is 5.67. The molecule has 4 nitrogen and oxygen atoms in total. The van der Waals surface area contributed by atoms with E-state index in [2.05, 4.69) is 0 Å². The molecule has 1 amide bonds. The summed E-state index contributed by atoms with van der Waals surface area (Å²) in [5.74, 6) is 0.457. The Bertz CT molecular complexity index is 448. The molecule has 20 heavy (non-hydrogen) atoms. The number of likely N-dealkylation sites (tertiary alicyclic amines) is 1. The lowest BCUT2D eigenvalue weighted by Gasteiger charge is -2.44. The molecule has 2 aliphatic rings. The van der Waals surface area contributed by atoms with Crippen LogP contribution in [-0.4, -0.2) is 35.3 Å². The van der Waals surface area contributed by atoms with Crippen LogP contribution in [0.1, 0.15) is 24.8 Å². The first-order chi connectivity index (χ1) is 9.74. The summed E-state index contributed by atoms with van der Waals surface area (Å²) in [5.41, 5.74) is 0.998. The molecule has 2 unspecified atom stereocenters. The van der Waals surface area contributed by atoms with Crippen molar-refractivity contribution < 1.29 is 14.6 Å². The lowest BCUT2D eigenvalue weighted by atomic mass is 9.75. The third kappa shape index (κ3) is 2.80. The van der Waals surface area contributed by atoms with Crippen molar-refractivity contribution in [3.63, 3.8) is 0 Å². The predicted molar refractivity (Wildman–Crippen MR) is 75.0 cm³/mol. The quantitative estimate of drug-likeness (QED) is 0.901. The summed E-state index contributed by atoms with van der Waals surface area (Å²) >= 11 is 0. The molecule has 1 aliphatic heterocycles. The van der Waals surface area contributed by atoms with Gasteiger partial charge in [0.2, 0.25) is 0 Å². The van der Waals surface area contributed by atoms with Crippen molar-refractivity contribution in [2.75, 3.05) is 13.1 Å². The van der Waals surface area contributed by atoms with Crippen LogP contribution in [0.3, 0.4) is 0 Å². The molecule has 1 saturated heterocycles. The van der Waals surface area contributed by atoms with E-state index in [1.54, 1.807) is 4.90 Å². The van der Waals surface area contributed by atoms with E-state index in [1.165, 1.54) is 6.42 Å². The second kappa shape index (κ2) is 5.83. The third-order valence-corrected chi connectivity index (χ3v) is 4.49. The highest BCUT2D eigenvalue weighted by Gasteiger charge is 2.40. The highest BCUT2D eigenvalue weighted by atomic mass is 16.6. The zero-order valence-corrected chi connectivity index (χ0v) is 11.6. The fourth-order valence-electron chi connectivity index (χ4n) is 3.37. The van der Waals surface area contributed by atoms with Crippen molar-refractivity contribution in [2.45, 2.75) is 32.0 Å². The number of ether oxygens (including phenoxy) is 1. The Balaban J connectivity index is 1.55. The van der Waals surface area contributed by atoms with Gasteiger partial charge in [0.25, 0.3) is 0 Å². The molecule has 1 aromatic rings. The van der Waals surface area contributed by atoms with Crippen LogP contribution in [0.2, 0.25) is 0 Å². The van der Waals surface area contributed by atoms with Gasteiger partial charge in [-0.15, -0.1) is 0 Å². The SMILES string of the molecule is O=C(OCc1ccccc1)N1CC2CCCC(C1)C2O. The number of aliphatic hydroxyl groups excluding tert-OH is 1. The summed E-state index contributed by atoms with van der Waals surface area (Å²) in [6.45, 7) is 1.57. The lowest BCUT2D eigenvalue weighted by molar-refractivity contribution is -0.0469. The average molecular weight is 275 g/mol. The summed E-state index contributed by atoms with van der Waals surface area (Å²) in [7, 11) is 0. The number of amides is 1. The molecular formula is C16H21NO3. The molecular weight excluding hydrogens is 254 g/mol. The summed E-state index contributed by atoms with van der Waals surface area (Å²) in [6, 6.07) is 9.71. The van der Waals surface area contributed by atoms with Crippen LogP contribution < -0.4 is 0 Å². The minimum atomic E-state index is -0.252. The van der Waals surface area contributed by atoms with E-state index in [9.17, 15) is 9.90 Å². The van der Waals surface area contributed by atoms with E-state index < -0.39 is 0 Å². The zero-order chi connectivity index (χ0) is 13.9. The Morgan fingerprint density at radius 1 is 1.20 bits per heavy atom. The van der Waals surface area contributed by atoms with E-state index in [0.29, 0.717) is 19.7 Å². The molecule has 1 aliphatic carbocycles. The lowest BCUT2D eigenvalue weighted by Crippen LogP contribution is -2.53. The van der Waals surface area contributed by atoms with Crippen molar-refractivity contribution in [1.29, 1.82) is 0 Å². The molecule has 3 rings (SSSR count). The fourth-order valence-corrected chi connectivity index (χ4v) is 3.37. The molecule has 1 heterocycles. The van der Waals surface area contributed by atoms with Gasteiger partial charge in [0.15, 0.2) is 0 Å². The number of carbonyl (C=O) groups excluding carboxylic acids is 1. The van der Waals surface area contributed by atoms with Gasteiger partial charge >= 0.3 is 6.09 Å². The first kappa shape index (κ1) is 13.4. The van der Waals surface area contributed by atoms with Gasteiger partial charge in [0.05, 0.1) is 6.10 Å². The van der Waals surface area contributed by atoms with E-state index in [0.717, 1.165) is 18.4 Å². The van der Waals surface area contributed by atoms with Crippen molar-refractivity contribution in [3.05, 3.63) is 35.9 Å². The minimum Gasteiger partial charge on any atom is -0.445 e. The molecule has 2 fully saturated rings. The summed E-state index contributed by atoms with van der Waals surface area (Å²) in [5, 5.41) is 10.1. The van der Waals surface area contributed by atoms with E-state index in [1.807, 2.05) is 30.3 Å². The topological polar surface area (TPSA) is 49.8 Å². The summed E-state index contributed by atoms with van der Waals surface area (Å²) < 4.78 is 5.37. The fraction of sp³-hybridized carbons (Fsp3) is 0.562. The summed E-state index contributed by atoms with van der Waals surface area (Å²) in [6.07, 6.45) is 2.71. The molecule has 0 spiro atoms. The Hall–Kier alpha value is -1.55. The third-order valence-electron chi connectivity index (χ3n) is 4.49. The molecule has 0 radical (unpaired) electrons. The number of hydrogen-bond donors (Lipinski definition) is 1. The molecule has 2 atom stereocenters. The molecule has 1 N–H and O–H groups in total. The van der Waals surface area contributed by atoms with Gasteiger partial charge in [-0.1, -0.05) is 36.8 Å². The van der Waals surface area contributed by atoms with Gasteiger partial charge in [-0.2, -0.15) is 0 Å². The number of nitrogens with zero attached hydrogens (tertiary/aromatic N) is 1. The number of hydrogen-bond acceptors (Lipinski definition) is 3. The number of benzene rings is 1. The molecule has 0 aromatic heterocycles. The van der Waals surface area contributed by atoms with Crippen LogP contribution in [0.15, 0.2) is 30.3 Å². The highest BCUT2D eigenvalue weighted by Crippen LogP contribution is 2.35. The average Bonchev–Trinajstić information content (AvgIpc) is 2.45. The number of carbonyl (C=O) groups is 1. The zero-order valence-electron chi connectivity index (χ0n) is 11.6. The Morgan fingerprint density at radius 2 is 1.85 bits per heavy atom. The minimum absolute atomic E-state index is 0.228. The van der Waals surface area contributed by atoms with Crippen LogP contribution >= 0.6 is 0 Å². The number of piperidine rings is 1. The first-order valence-electron chi connectivity index (χ1n) is 7.38. The van der Waals surface area contributed by atoms with Gasteiger partial charge < -0.3 is 14.7 Å². The van der Waals surface area contributed by atoms with Crippen LogP contribution in [0.5, 0.6) is 0 Å². The van der Waals surface area contributed by atoms with Crippen LogP contribution in [0, 0.1) is 11.8 Å². The predicted octanol–water partition coefficient (Wildman–Crippen LogP) is 2.42. The second-order valence-electron chi connectivity index (χ2n) is 5.89. The summed E-state index contributed by atoms with van der Waals surface area (Å²) in [4.78, 5) is 13.9.